The summed E-state index contributed by atoms with van der Waals surface area (Å²) in [5.41, 5.74) is 0.624. The van der Waals surface area contributed by atoms with Gasteiger partial charge in [0.05, 0.1) is 11.2 Å². The molecule has 0 radical (unpaired) electrons. The summed E-state index contributed by atoms with van der Waals surface area (Å²) in [7, 11) is 0. The number of urea groups is 1. The van der Waals surface area contributed by atoms with E-state index >= 15 is 0 Å². The van der Waals surface area contributed by atoms with E-state index in [0.29, 0.717) is 34.4 Å². The Balaban J connectivity index is 0.00000182. The average Bonchev–Trinajstić information content (AvgIpc) is 2.63. The zero-order valence-electron chi connectivity index (χ0n) is 14.2. The second-order valence-electron chi connectivity index (χ2n) is 5.54. The van der Waals surface area contributed by atoms with Crippen molar-refractivity contribution in [1.29, 1.82) is 0 Å². The molecule has 2 aromatic rings. The van der Waals surface area contributed by atoms with E-state index in [1.165, 1.54) is 0 Å². The summed E-state index contributed by atoms with van der Waals surface area (Å²) in [4.78, 5) is 18.3. The van der Waals surface area contributed by atoms with Crippen LogP contribution in [0, 0.1) is 0 Å². The van der Waals surface area contributed by atoms with Gasteiger partial charge in [-0.05, 0) is 24.3 Å². The topological polar surface area (TPSA) is 66.5 Å². The van der Waals surface area contributed by atoms with Crippen LogP contribution in [0.3, 0.4) is 0 Å². The lowest BCUT2D eigenvalue weighted by Gasteiger charge is -2.30. The van der Waals surface area contributed by atoms with Gasteiger partial charge in [0.2, 0.25) is 6.23 Å². The molecule has 1 aliphatic heterocycles. The fraction of sp³-hybridized carbons (Fsp3) is 0.294. The molecule has 1 atom stereocenters. The van der Waals surface area contributed by atoms with Crippen LogP contribution in [-0.4, -0.2) is 42.1 Å². The molecule has 1 aliphatic rings. The van der Waals surface area contributed by atoms with Crippen LogP contribution < -0.4 is 15.4 Å². The zero-order valence-corrected chi connectivity index (χ0v) is 17.4. The lowest BCUT2D eigenvalue weighted by molar-refractivity contribution is 0.140. The van der Waals surface area contributed by atoms with Crippen molar-refractivity contribution in [2.45, 2.75) is 6.23 Å². The van der Waals surface area contributed by atoms with E-state index in [9.17, 15) is 4.79 Å². The number of nitrogens with zero attached hydrogens (tertiary/aromatic N) is 2. The maximum Gasteiger partial charge on any atom is 0.320 e. The molecule has 1 saturated heterocycles. The Kier molecular flexibility index (Phi) is 9.98. The number of rotatable bonds is 4. The number of carbonyl (C=O) groups excluding carboxylic acids is 1. The molecule has 0 aliphatic carbocycles. The van der Waals surface area contributed by atoms with Crippen LogP contribution in [0.15, 0.2) is 42.7 Å². The Labute approximate surface area is 180 Å². The largest absolute Gasteiger partial charge is 0.465 e. The Bertz CT molecular complexity index is 730. The molecule has 2 N–H and O–H groups in total. The summed E-state index contributed by atoms with van der Waals surface area (Å²) in [5, 5.41) is 7.04. The number of aromatic nitrogens is 1. The second kappa shape index (κ2) is 11.4. The highest BCUT2D eigenvalue weighted by Crippen LogP contribution is 2.28. The summed E-state index contributed by atoms with van der Waals surface area (Å²) >= 11 is 12.3. The molecule has 27 heavy (non-hydrogen) atoms. The highest BCUT2D eigenvalue weighted by atomic mass is 35.5. The highest BCUT2D eigenvalue weighted by Gasteiger charge is 2.23. The minimum Gasteiger partial charge on any atom is -0.465 e. The van der Waals surface area contributed by atoms with E-state index < -0.39 is 6.23 Å². The lowest BCUT2D eigenvalue weighted by atomic mass is 10.2. The maximum absolute atomic E-state index is 12.6. The van der Waals surface area contributed by atoms with Crippen LogP contribution in [0.4, 0.5) is 4.79 Å². The lowest BCUT2D eigenvalue weighted by Crippen LogP contribution is -2.51. The fourth-order valence-electron chi connectivity index (χ4n) is 2.51. The number of benzene rings is 1. The van der Waals surface area contributed by atoms with Crippen molar-refractivity contribution < 1.29 is 9.53 Å². The normalized spacial score (nSPS) is 14.4. The zero-order chi connectivity index (χ0) is 17.6. The van der Waals surface area contributed by atoms with Gasteiger partial charge in [-0.25, -0.2) is 4.79 Å². The van der Waals surface area contributed by atoms with Crippen LogP contribution in [0.5, 0.6) is 5.75 Å². The number of nitrogens with one attached hydrogen (secondary N) is 2. The van der Waals surface area contributed by atoms with Gasteiger partial charge in [0.15, 0.2) is 0 Å². The van der Waals surface area contributed by atoms with Crippen molar-refractivity contribution in [3.63, 3.8) is 0 Å². The van der Waals surface area contributed by atoms with Gasteiger partial charge in [-0.15, -0.1) is 24.8 Å². The molecule has 1 aromatic heterocycles. The minimum absolute atomic E-state index is 0. The van der Waals surface area contributed by atoms with Gasteiger partial charge in [0, 0.05) is 43.0 Å². The van der Waals surface area contributed by atoms with Crippen molar-refractivity contribution in [2.75, 3.05) is 26.2 Å². The third-order valence-corrected chi connectivity index (χ3v) is 4.35. The Hall–Kier alpha value is -1.44. The van der Waals surface area contributed by atoms with E-state index in [2.05, 4.69) is 15.6 Å². The minimum atomic E-state index is -0.753. The highest BCUT2D eigenvalue weighted by molar-refractivity contribution is 6.35. The van der Waals surface area contributed by atoms with E-state index in [1.54, 1.807) is 47.6 Å². The first-order valence-corrected chi connectivity index (χ1v) is 8.67. The maximum atomic E-state index is 12.6. The number of piperazine rings is 1. The number of hydrogen-bond donors (Lipinski definition) is 2. The Morgan fingerprint density at radius 2 is 1.96 bits per heavy atom. The molecule has 0 spiro atoms. The van der Waals surface area contributed by atoms with Crippen molar-refractivity contribution in [2.24, 2.45) is 0 Å². The first kappa shape index (κ1) is 23.6. The van der Waals surface area contributed by atoms with Gasteiger partial charge in [0.25, 0.3) is 0 Å². The monoisotopic (exact) mass is 452 g/mol. The van der Waals surface area contributed by atoms with E-state index in [4.69, 9.17) is 27.9 Å². The van der Waals surface area contributed by atoms with Crippen molar-refractivity contribution in [3.05, 3.63) is 58.3 Å². The SMILES string of the molecule is Cl.Cl.O=C(NC(Oc1cccnc1)c1ccc(Cl)cc1Cl)N1CCNCC1. The number of ether oxygens (including phenoxy) is 1. The summed E-state index contributed by atoms with van der Waals surface area (Å²) in [5.74, 6) is 0.527. The summed E-state index contributed by atoms with van der Waals surface area (Å²) in [6, 6.07) is 8.38. The number of halogens is 4. The number of amides is 2. The summed E-state index contributed by atoms with van der Waals surface area (Å²) in [6.45, 7) is 2.81. The van der Waals surface area contributed by atoms with Gasteiger partial charge >= 0.3 is 6.03 Å². The molecule has 6 nitrogen and oxygen atoms in total. The predicted molar refractivity (Wildman–Crippen MR) is 112 cm³/mol. The van der Waals surface area contributed by atoms with Crippen LogP contribution in [0.2, 0.25) is 10.0 Å². The molecule has 1 aromatic carbocycles. The Morgan fingerprint density at radius 3 is 2.59 bits per heavy atom. The quantitative estimate of drug-likeness (QED) is 0.688. The fourth-order valence-corrected chi connectivity index (χ4v) is 3.02. The van der Waals surface area contributed by atoms with E-state index in [1.807, 2.05) is 0 Å². The standard InChI is InChI=1S/C17H18Cl2N4O2.2ClH/c18-12-3-4-14(15(19)10-12)16(25-13-2-1-5-21-11-13)22-17(24)23-8-6-20-7-9-23;;/h1-5,10-11,16,20H,6-9H2,(H,22,24);2*1H. The smallest absolute Gasteiger partial charge is 0.320 e. The Morgan fingerprint density at radius 1 is 1.22 bits per heavy atom. The summed E-state index contributed by atoms with van der Waals surface area (Å²) in [6.07, 6.45) is 2.47. The van der Waals surface area contributed by atoms with Crippen LogP contribution >= 0.6 is 48.0 Å². The third kappa shape index (κ3) is 6.59. The van der Waals surface area contributed by atoms with Crippen LogP contribution in [0.25, 0.3) is 0 Å². The molecule has 148 valence electrons. The van der Waals surface area contributed by atoms with E-state index in [0.717, 1.165) is 13.1 Å². The van der Waals surface area contributed by atoms with Crippen molar-refractivity contribution in [3.8, 4) is 5.75 Å². The average molecular weight is 454 g/mol. The van der Waals surface area contributed by atoms with Crippen LogP contribution in [-0.2, 0) is 0 Å². The van der Waals surface area contributed by atoms with Gasteiger partial charge in [0.1, 0.15) is 5.75 Å². The number of carbonyl (C=O) groups is 1. The van der Waals surface area contributed by atoms with Gasteiger partial charge < -0.3 is 15.0 Å². The molecule has 0 saturated carbocycles. The van der Waals surface area contributed by atoms with Gasteiger partial charge in [-0.1, -0.05) is 29.3 Å². The number of hydrogen-bond acceptors (Lipinski definition) is 4. The molecule has 1 unspecified atom stereocenters. The predicted octanol–water partition coefficient (Wildman–Crippen LogP) is 3.92. The molecule has 2 heterocycles. The first-order chi connectivity index (χ1) is 12.1. The van der Waals surface area contributed by atoms with Gasteiger partial charge in [-0.3, -0.25) is 10.3 Å². The number of pyridine rings is 1. The van der Waals surface area contributed by atoms with Crippen LogP contribution in [0.1, 0.15) is 11.8 Å². The van der Waals surface area contributed by atoms with E-state index in [-0.39, 0.29) is 30.8 Å². The molecule has 10 heteroatoms. The summed E-state index contributed by atoms with van der Waals surface area (Å²) < 4.78 is 5.92. The van der Waals surface area contributed by atoms with Gasteiger partial charge in [-0.2, -0.15) is 0 Å². The first-order valence-electron chi connectivity index (χ1n) is 7.91. The molecular weight excluding hydrogens is 434 g/mol. The molecule has 1 fully saturated rings. The molecule has 3 rings (SSSR count). The molecule has 2 amide bonds. The third-order valence-electron chi connectivity index (χ3n) is 3.79. The van der Waals surface area contributed by atoms with Crippen molar-refractivity contribution >= 4 is 54.0 Å². The second-order valence-corrected chi connectivity index (χ2v) is 6.38. The van der Waals surface area contributed by atoms with Crippen molar-refractivity contribution in [1.82, 2.24) is 20.5 Å². The molecule has 0 bridgehead atoms. The molecular formula is C17H20Cl4N4O2.